The van der Waals surface area contributed by atoms with Crippen molar-refractivity contribution in [2.24, 2.45) is 0 Å². The number of aromatic nitrogens is 5. The number of aryl methyl sites for hydroxylation is 1. The van der Waals surface area contributed by atoms with E-state index in [1.165, 1.54) is 0 Å². The van der Waals surface area contributed by atoms with Gasteiger partial charge in [0.25, 0.3) is 0 Å². The third-order valence-electron chi connectivity index (χ3n) is 6.99. The summed E-state index contributed by atoms with van der Waals surface area (Å²) >= 11 is 6.72. The summed E-state index contributed by atoms with van der Waals surface area (Å²) < 4.78 is 20.2. The minimum absolute atomic E-state index is 0.0969. The molecule has 1 saturated heterocycles. The topological polar surface area (TPSA) is 84.3 Å². The number of pyridine rings is 1. The smallest absolute Gasteiger partial charge is 0.167 e. The third kappa shape index (κ3) is 3.63. The van der Waals surface area contributed by atoms with Crippen molar-refractivity contribution in [1.82, 2.24) is 29.4 Å². The Morgan fingerprint density at radius 3 is 2.81 bits per heavy atom. The Morgan fingerprint density at radius 2 is 2.06 bits per heavy atom. The fraction of sp³-hybridized carbons (Fsp3) is 0.259. The number of imidazole rings is 2. The molecule has 6 rings (SSSR count). The molecular weight excluding hydrogens is 477 g/mol. The second-order valence-electron chi connectivity index (χ2n) is 9.13. The fourth-order valence-electron chi connectivity index (χ4n) is 5.27. The standard InChI is InChI=1S/C27H23ClFN7/c1-16-31-11-12-35(16)27-25-26(36(15-33-25)19-8-10-32-18(13-19)7-9-30)20-14-21(28)22(23(29)24(20)34-27)17-5-3-2-4-6-17/h2-6,11-12,14-15,18-19,32H,7-8,10,13H2,1H3/t18-,19+/m1/s1. The van der Waals surface area contributed by atoms with Gasteiger partial charge in [0.1, 0.15) is 16.9 Å². The van der Waals surface area contributed by atoms with Crippen molar-refractivity contribution in [3.05, 3.63) is 71.8 Å². The maximum absolute atomic E-state index is 16.3. The van der Waals surface area contributed by atoms with E-state index >= 15 is 4.39 Å². The number of benzene rings is 2. The number of piperidine rings is 1. The highest BCUT2D eigenvalue weighted by molar-refractivity contribution is 6.34. The lowest BCUT2D eigenvalue weighted by Crippen LogP contribution is -2.38. The minimum atomic E-state index is -0.468. The van der Waals surface area contributed by atoms with Gasteiger partial charge >= 0.3 is 0 Å². The summed E-state index contributed by atoms with van der Waals surface area (Å²) in [4.78, 5) is 13.9. The second-order valence-corrected chi connectivity index (χ2v) is 9.54. The number of nitriles is 1. The van der Waals surface area contributed by atoms with Crippen molar-refractivity contribution < 1.29 is 4.39 Å². The van der Waals surface area contributed by atoms with E-state index in [9.17, 15) is 5.26 Å². The van der Waals surface area contributed by atoms with Crippen molar-refractivity contribution >= 4 is 33.5 Å². The van der Waals surface area contributed by atoms with Gasteiger partial charge in [-0.1, -0.05) is 41.9 Å². The molecular formula is C27H23ClFN7. The highest BCUT2D eigenvalue weighted by Gasteiger charge is 2.27. The molecule has 0 saturated carbocycles. The predicted octanol–water partition coefficient (Wildman–Crippen LogP) is 5.74. The Kier molecular flexibility index (Phi) is 5.67. The van der Waals surface area contributed by atoms with Crippen molar-refractivity contribution in [2.45, 2.75) is 38.3 Å². The number of halogens is 2. The lowest BCUT2D eigenvalue weighted by atomic mass is 9.96. The van der Waals surface area contributed by atoms with Gasteiger partial charge in [0.2, 0.25) is 0 Å². The summed E-state index contributed by atoms with van der Waals surface area (Å²) in [7, 11) is 0. The zero-order valence-corrected chi connectivity index (χ0v) is 20.4. The molecule has 0 aliphatic carbocycles. The summed E-state index contributed by atoms with van der Waals surface area (Å²) in [6, 6.07) is 13.5. The summed E-state index contributed by atoms with van der Waals surface area (Å²) in [6.07, 6.45) is 7.39. The molecule has 9 heteroatoms. The quantitative estimate of drug-likeness (QED) is 0.340. The number of hydrogen-bond donors (Lipinski definition) is 1. The first-order valence-corrected chi connectivity index (χ1v) is 12.3. The molecule has 4 heterocycles. The van der Waals surface area contributed by atoms with E-state index in [1.807, 2.05) is 41.8 Å². The van der Waals surface area contributed by atoms with E-state index in [0.29, 0.717) is 39.3 Å². The molecule has 0 radical (unpaired) electrons. The molecule has 7 nitrogen and oxygen atoms in total. The Bertz CT molecular complexity index is 1630. The summed E-state index contributed by atoms with van der Waals surface area (Å²) in [6.45, 7) is 2.67. The molecule has 1 N–H and O–H groups in total. The molecule has 0 unspecified atom stereocenters. The Labute approximate surface area is 212 Å². The predicted molar refractivity (Wildman–Crippen MR) is 138 cm³/mol. The SMILES string of the molecule is Cc1nccn1-c1nc2c(F)c(-c3ccccc3)c(Cl)cc2c2c1ncn2[C@H]1CCN[C@H](CC#N)C1. The van der Waals surface area contributed by atoms with E-state index in [1.54, 1.807) is 24.8 Å². The Hall–Kier alpha value is -3.80. The van der Waals surface area contributed by atoms with Crippen LogP contribution in [0.3, 0.4) is 0 Å². The largest absolute Gasteiger partial charge is 0.327 e. The Morgan fingerprint density at radius 1 is 1.22 bits per heavy atom. The molecule has 0 bridgehead atoms. The normalized spacial score (nSPS) is 18.1. The van der Waals surface area contributed by atoms with Gasteiger partial charge in [0, 0.05) is 35.4 Å². The molecule has 180 valence electrons. The molecule has 2 aromatic carbocycles. The number of nitrogens with zero attached hydrogens (tertiary/aromatic N) is 6. The first-order chi connectivity index (χ1) is 17.6. The third-order valence-corrected chi connectivity index (χ3v) is 7.28. The van der Waals surface area contributed by atoms with Crippen LogP contribution in [-0.2, 0) is 0 Å². The van der Waals surface area contributed by atoms with Gasteiger partial charge in [-0.25, -0.2) is 19.3 Å². The zero-order chi connectivity index (χ0) is 24.8. The van der Waals surface area contributed by atoms with Crippen LogP contribution in [0.1, 0.15) is 31.1 Å². The first kappa shape index (κ1) is 22.7. The van der Waals surface area contributed by atoms with Crippen LogP contribution in [0.25, 0.3) is 38.9 Å². The molecule has 3 aromatic heterocycles. The lowest BCUT2D eigenvalue weighted by molar-refractivity contribution is 0.307. The van der Waals surface area contributed by atoms with E-state index in [4.69, 9.17) is 21.6 Å². The molecule has 0 spiro atoms. The molecule has 36 heavy (non-hydrogen) atoms. The molecule has 1 aliphatic rings. The summed E-state index contributed by atoms with van der Waals surface area (Å²) in [5.41, 5.74) is 2.69. The van der Waals surface area contributed by atoms with Gasteiger partial charge in [-0.05, 0) is 37.9 Å². The van der Waals surface area contributed by atoms with Crippen molar-refractivity contribution in [3.8, 4) is 23.0 Å². The van der Waals surface area contributed by atoms with Crippen molar-refractivity contribution in [3.63, 3.8) is 0 Å². The van der Waals surface area contributed by atoms with Gasteiger partial charge in [0.15, 0.2) is 11.6 Å². The fourth-order valence-corrected chi connectivity index (χ4v) is 5.57. The second kappa shape index (κ2) is 9.01. The van der Waals surface area contributed by atoms with Gasteiger partial charge < -0.3 is 9.88 Å². The van der Waals surface area contributed by atoms with Crippen LogP contribution in [0, 0.1) is 24.1 Å². The van der Waals surface area contributed by atoms with Crippen LogP contribution < -0.4 is 5.32 Å². The van der Waals surface area contributed by atoms with Gasteiger partial charge in [-0.15, -0.1) is 0 Å². The van der Waals surface area contributed by atoms with Crippen LogP contribution >= 0.6 is 11.6 Å². The van der Waals surface area contributed by atoms with Crippen molar-refractivity contribution in [1.29, 1.82) is 5.26 Å². The number of rotatable bonds is 4. The number of nitrogens with one attached hydrogen (secondary N) is 1. The molecule has 1 fully saturated rings. The van der Waals surface area contributed by atoms with Crippen LogP contribution in [0.15, 0.2) is 55.1 Å². The van der Waals surface area contributed by atoms with E-state index < -0.39 is 5.82 Å². The van der Waals surface area contributed by atoms with Crippen molar-refractivity contribution in [2.75, 3.05) is 6.54 Å². The highest BCUT2D eigenvalue weighted by Crippen LogP contribution is 2.40. The van der Waals surface area contributed by atoms with E-state index in [-0.39, 0.29) is 17.6 Å². The average Bonchev–Trinajstić information content (AvgIpc) is 3.52. The lowest BCUT2D eigenvalue weighted by Gasteiger charge is -2.30. The molecule has 2 atom stereocenters. The average molecular weight is 500 g/mol. The van der Waals surface area contributed by atoms with E-state index in [0.717, 1.165) is 30.7 Å². The molecule has 1 aliphatic heterocycles. The number of hydrogen-bond acceptors (Lipinski definition) is 5. The zero-order valence-electron chi connectivity index (χ0n) is 19.6. The first-order valence-electron chi connectivity index (χ1n) is 11.9. The van der Waals surface area contributed by atoms with Gasteiger partial charge in [-0.3, -0.25) is 4.57 Å². The molecule has 0 amide bonds. The summed E-state index contributed by atoms with van der Waals surface area (Å²) in [5, 5.41) is 13.6. The number of fused-ring (bicyclic) bond motifs is 3. The van der Waals surface area contributed by atoms with E-state index in [2.05, 4.69) is 20.9 Å². The van der Waals surface area contributed by atoms with Gasteiger partial charge in [0.05, 0.1) is 29.4 Å². The minimum Gasteiger partial charge on any atom is -0.327 e. The summed E-state index contributed by atoms with van der Waals surface area (Å²) in [5.74, 6) is 0.783. The van der Waals surface area contributed by atoms with Crippen LogP contribution in [-0.4, -0.2) is 36.7 Å². The van der Waals surface area contributed by atoms with Crippen LogP contribution in [0.2, 0.25) is 5.02 Å². The highest BCUT2D eigenvalue weighted by atomic mass is 35.5. The van der Waals surface area contributed by atoms with Gasteiger partial charge in [-0.2, -0.15) is 5.26 Å². The maximum atomic E-state index is 16.3. The monoisotopic (exact) mass is 499 g/mol. The molecule has 5 aromatic rings. The Balaban J connectivity index is 1.65. The van der Waals surface area contributed by atoms with Crippen LogP contribution in [0.5, 0.6) is 0 Å². The maximum Gasteiger partial charge on any atom is 0.167 e. The van der Waals surface area contributed by atoms with Crippen LogP contribution in [0.4, 0.5) is 4.39 Å².